The molecule has 44 heavy (non-hydrogen) atoms. The van der Waals surface area contributed by atoms with Gasteiger partial charge in [0.05, 0.1) is 6.61 Å². The number of phenolic OH excluding ortho intramolecular Hbond substituents is 2. The zero-order chi connectivity index (χ0) is 32.0. The molecule has 0 spiro atoms. The van der Waals surface area contributed by atoms with E-state index in [1.807, 2.05) is 0 Å². The lowest BCUT2D eigenvalue weighted by molar-refractivity contribution is -0.277. The Labute approximate surface area is 245 Å². The Balaban J connectivity index is 1.41. The molecule has 0 radical (unpaired) electrons. The summed E-state index contributed by atoms with van der Waals surface area (Å²) in [6.45, 7) is -0.693. The Morgan fingerprint density at radius 1 is 0.773 bits per heavy atom. The number of aromatic hydroxyl groups is 2. The average Bonchev–Trinajstić information content (AvgIpc) is 2.97. The maximum Gasteiger partial charge on any atom is 0.335 e. The Hall–Kier alpha value is -4.04. The summed E-state index contributed by atoms with van der Waals surface area (Å²) >= 11 is 0. The largest absolute Gasteiger partial charge is 0.507 e. The van der Waals surface area contributed by atoms with Crippen LogP contribution in [0.2, 0.25) is 0 Å². The lowest BCUT2D eigenvalue weighted by Gasteiger charge is -2.39. The van der Waals surface area contributed by atoms with Crippen LogP contribution in [0, 0.1) is 0 Å². The van der Waals surface area contributed by atoms with E-state index in [0.29, 0.717) is 0 Å². The SMILES string of the molecule is O=C(O)[C@H]1O[C@@H](Oc2cc(O)c3c(=O)cc(-c4ccc(O[C@@H]5O[C@H](CO)[C@@H](O)[C@H](O)[C@H]5O)c(O)c4)oc3c2)[C@H](O)[C@@H](O)[C@H]1O. The van der Waals surface area contributed by atoms with Gasteiger partial charge in [0, 0.05) is 23.8 Å². The van der Waals surface area contributed by atoms with Crippen LogP contribution < -0.4 is 14.9 Å². The minimum absolute atomic E-state index is 0.118. The molecule has 10 N–H and O–H groups in total. The molecule has 238 valence electrons. The predicted octanol–water partition coefficient (Wildman–Crippen LogP) is -2.68. The summed E-state index contributed by atoms with van der Waals surface area (Å²) in [4.78, 5) is 24.2. The third-order valence-corrected chi connectivity index (χ3v) is 7.18. The number of benzene rings is 2. The first-order valence-corrected chi connectivity index (χ1v) is 13.0. The highest BCUT2D eigenvalue weighted by Crippen LogP contribution is 2.37. The van der Waals surface area contributed by atoms with E-state index in [4.69, 9.17) is 23.4 Å². The maximum atomic E-state index is 12.9. The van der Waals surface area contributed by atoms with E-state index < -0.39 is 90.9 Å². The third kappa shape index (κ3) is 5.75. The minimum atomic E-state index is -1.96. The Morgan fingerprint density at radius 2 is 1.43 bits per heavy atom. The molecule has 0 aliphatic carbocycles. The number of aliphatic hydroxyl groups excluding tert-OH is 7. The zero-order valence-electron chi connectivity index (χ0n) is 22.3. The molecule has 10 atom stereocenters. The van der Waals surface area contributed by atoms with E-state index in [1.165, 1.54) is 12.1 Å². The van der Waals surface area contributed by atoms with Crippen LogP contribution in [-0.4, -0.2) is 125 Å². The van der Waals surface area contributed by atoms with Gasteiger partial charge in [-0.3, -0.25) is 4.79 Å². The van der Waals surface area contributed by atoms with Crippen molar-refractivity contribution < 1.29 is 79.2 Å². The summed E-state index contributed by atoms with van der Waals surface area (Å²) < 4.78 is 26.9. The van der Waals surface area contributed by atoms with Crippen molar-refractivity contribution in [2.24, 2.45) is 0 Å². The second-order valence-electron chi connectivity index (χ2n) is 10.1. The van der Waals surface area contributed by atoms with E-state index in [9.17, 15) is 60.7 Å². The van der Waals surface area contributed by atoms with Gasteiger partial charge in [0.15, 0.2) is 23.0 Å². The summed E-state index contributed by atoms with van der Waals surface area (Å²) in [5.41, 5.74) is -0.838. The zero-order valence-corrected chi connectivity index (χ0v) is 22.3. The van der Waals surface area contributed by atoms with Gasteiger partial charge in [-0.15, -0.1) is 0 Å². The molecular formula is C27H28O17. The topological polar surface area (TPSA) is 286 Å². The highest BCUT2D eigenvalue weighted by molar-refractivity contribution is 5.86. The molecule has 2 saturated heterocycles. The lowest BCUT2D eigenvalue weighted by atomic mass is 9.99. The molecule has 0 saturated carbocycles. The summed E-state index contributed by atoms with van der Waals surface area (Å²) in [6.07, 6.45) is -17.5. The first-order chi connectivity index (χ1) is 20.8. The average molecular weight is 625 g/mol. The summed E-state index contributed by atoms with van der Waals surface area (Å²) in [6, 6.07) is 6.76. The van der Waals surface area contributed by atoms with Gasteiger partial charge in [-0.25, -0.2) is 4.79 Å². The van der Waals surface area contributed by atoms with Crippen LogP contribution >= 0.6 is 0 Å². The number of aliphatic carboxylic acids is 1. The predicted molar refractivity (Wildman–Crippen MR) is 141 cm³/mol. The molecule has 0 bridgehead atoms. The number of rotatable bonds is 7. The standard InChI is InChI=1S/C27H28O17/c28-7-16-18(32)19(33)22(36)27(43-16)42-13-2-1-8(3-10(13)29)14-6-12(31)17-11(30)4-9(5-15(17)41-14)40-26-23(37)20(34)21(35)24(44-26)25(38)39/h1-6,16,18-24,26-30,32-37H,7H2,(H,38,39)/t16-,18-,19+,20+,21-,22-,23-,24+,26-,27-/m1/s1. The number of hydrogen-bond donors (Lipinski definition) is 10. The molecule has 0 amide bonds. The van der Waals surface area contributed by atoms with Gasteiger partial charge in [0.25, 0.3) is 0 Å². The first-order valence-electron chi connectivity index (χ1n) is 13.0. The normalized spacial score (nSPS) is 32.3. The smallest absolute Gasteiger partial charge is 0.335 e. The van der Waals surface area contributed by atoms with E-state index in [0.717, 1.165) is 24.3 Å². The van der Waals surface area contributed by atoms with Crippen LogP contribution in [0.4, 0.5) is 0 Å². The van der Waals surface area contributed by atoms with E-state index in [2.05, 4.69) is 0 Å². The minimum Gasteiger partial charge on any atom is -0.507 e. The molecule has 2 aromatic carbocycles. The van der Waals surface area contributed by atoms with Crippen LogP contribution in [0.5, 0.6) is 23.0 Å². The molecule has 17 heteroatoms. The van der Waals surface area contributed by atoms with Crippen molar-refractivity contribution in [1.29, 1.82) is 0 Å². The first kappa shape index (κ1) is 31.4. The van der Waals surface area contributed by atoms with Gasteiger partial charge >= 0.3 is 5.97 Å². The molecule has 3 heterocycles. The molecule has 2 fully saturated rings. The maximum absolute atomic E-state index is 12.9. The molecule has 17 nitrogen and oxygen atoms in total. The summed E-state index contributed by atoms with van der Waals surface area (Å²) in [5, 5.41) is 99.5. The lowest BCUT2D eigenvalue weighted by Crippen LogP contribution is -2.61. The van der Waals surface area contributed by atoms with Crippen LogP contribution in [0.3, 0.4) is 0 Å². The van der Waals surface area contributed by atoms with Gasteiger partial charge in [-0.1, -0.05) is 0 Å². The van der Waals surface area contributed by atoms with Crippen LogP contribution in [-0.2, 0) is 14.3 Å². The quantitative estimate of drug-likeness (QED) is 0.128. The highest BCUT2D eigenvalue weighted by Gasteiger charge is 2.48. The van der Waals surface area contributed by atoms with Crippen molar-refractivity contribution in [2.45, 2.75) is 61.4 Å². The summed E-state index contributed by atoms with van der Waals surface area (Å²) in [5.74, 6) is -3.43. The molecule has 3 aromatic rings. The fraction of sp³-hybridized carbons (Fsp3) is 0.407. The monoisotopic (exact) mass is 624 g/mol. The van der Waals surface area contributed by atoms with Crippen LogP contribution in [0.1, 0.15) is 0 Å². The van der Waals surface area contributed by atoms with Gasteiger partial charge in [-0.2, -0.15) is 0 Å². The molecule has 5 rings (SSSR count). The third-order valence-electron chi connectivity index (χ3n) is 7.18. The Morgan fingerprint density at radius 3 is 2.07 bits per heavy atom. The van der Waals surface area contributed by atoms with Crippen molar-refractivity contribution in [1.82, 2.24) is 0 Å². The molecule has 1 aromatic heterocycles. The molecule has 2 aliphatic rings. The number of fused-ring (bicyclic) bond motifs is 1. The van der Waals surface area contributed by atoms with Crippen LogP contribution in [0.25, 0.3) is 22.3 Å². The van der Waals surface area contributed by atoms with Gasteiger partial charge in [0.1, 0.15) is 71.0 Å². The van der Waals surface area contributed by atoms with Crippen molar-refractivity contribution in [3.63, 3.8) is 0 Å². The van der Waals surface area contributed by atoms with Gasteiger partial charge < -0.3 is 74.4 Å². The van der Waals surface area contributed by atoms with Crippen molar-refractivity contribution in [3.05, 3.63) is 46.6 Å². The van der Waals surface area contributed by atoms with Crippen molar-refractivity contribution in [3.8, 4) is 34.3 Å². The van der Waals surface area contributed by atoms with Crippen LogP contribution in [0.15, 0.2) is 45.6 Å². The number of carboxylic acid groups (broad SMARTS) is 1. The molecule has 0 unspecified atom stereocenters. The second-order valence-corrected chi connectivity index (χ2v) is 10.1. The van der Waals surface area contributed by atoms with Crippen molar-refractivity contribution >= 4 is 16.9 Å². The van der Waals surface area contributed by atoms with Crippen molar-refractivity contribution in [2.75, 3.05) is 6.61 Å². The summed E-state index contributed by atoms with van der Waals surface area (Å²) in [7, 11) is 0. The number of carboxylic acids is 1. The second kappa shape index (κ2) is 12.2. The highest BCUT2D eigenvalue weighted by atomic mass is 16.7. The Bertz CT molecular complexity index is 1590. The van der Waals surface area contributed by atoms with E-state index in [-0.39, 0.29) is 33.8 Å². The molecule has 2 aliphatic heterocycles. The number of ether oxygens (including phenoxy) is 4. The van der Waals surface area contributed by atoms with Gasteiger partial charge in [-0.05, 0) is 18.2 Å². The Kier molecular flexibility index (Phi) is 8.67. The fourth-order valence-electron chi connectivity index (χ4n) is 4.80. The van der Waals surface area contributed by atoms with Gasteiger partial charge in [0.2, 0.25) is 12.6 Å². The number of hydrogen-bond acceptors (Lipinski definition) is 16. The fourth-order valence-corrected chi connectivity index (χ4v) is 4.80. The number of phenols is 2. The van der Waals surface area contributed by atoms with E-state index >= 15 is 0 Å². The number of aliphatic hydroxyl groups is 7. The number of carbonyl (C=O) groups is 1. The molecular weight excluding hydrogens is 596 g/mol. The van der Waals surface area contributed by atoms with E-state index in [1.54, 1.807) is 0 Å².